The van der Waals surface area contributed by atoms with E-state index < -0.39 is 14.9 Å². The second-order valence-corrected chi connectivity index (χ2v) is 4.73. The molecule has 0 radical (unpaired) electrons. The molecule has 0 aliphatic heterocycles. The van der Waals surface area contributed by atoms with Gasteiger partial charge < -0.3 is 4.55 Å². The van der Waals surface area contributed by atoms with Crippen LogP contribution < -0.4 is 29.6 Å². The second-order valence-electron chi connectivity index (χ2n) is 3.06. The Morgan fingerprint density at radius 1 is 1.47 bits per heavy atom. The molecule has 0 N–H and O–H groups in total. The maximum atomic E-state index is 11.0. The quantitative estimate of drug-likeness (QED) is 0.340. The van der Waals surface area contributed by atoms with Crippen molar-refractivity contribution >= 4 is 10.1 Å². The molecule has 1 aliphatic rings. The summed E-state index contributed by atoms with van der Waals surface area (Å²) in [6.45, 7) is 6.94. The summed E-state index contributed by atoms with van der Waals surface area (Å²) in [5.74, 6) is 0. The van der Waals surface area contributed by atoms with Gasteiger partial charge in [-0.1, -0.05) is 37.0 Å². The van der Waals surface area contributed by atoms with Gasteiger partial charge >= 0.3 is 29.6 Å². The molecular weight excluding hydrogens is 223 g/mol. The number of hydrogen-bond donors (Lipinski definition) is 0. The van der Waals surface area contributed by atoms with Crippen LogP contribution in [0, 0.1) is 0 Å². The van der Waals surface area contributed by atoms with Gasteiger partial charge in [0, 0.05) is 0 Å². The Hall–Kier alpha value is -0.130. The summed E-state index contributed by atoms with van der Waals surface area (Å²) in [5.41, 5.74) is 0.811. The maximum Gasteiger partial charge on any atom is 1.00 e. The summed E-state index contributed by atoms with van der Waals surface area (Å²) in [4.78, 5) is 0. The fourth-order valence-electron chi connectivity index (χ4n) is 1.24. The summed E-state index contributed by atoms with van der Waals surface area (Å²) in [7, 11) is -4.40. The van der Waals surface area contributed by atoms with Crippen molar-refractivity contribution in [2.75, 3.05) is 0 Å². The van der Waals surface area contributed by atoms with E-state index in [0.29, 0.717) is 0 Å². The number of rotatable bonds is 3. The molecule has 0 spiro atoms. The monoisotopic (exact) mass is 234 g/mol. The molecule has 1 aliphatic carbocycles. The fraction of sp³-hybridized carbons (Fsp3) is 0.200. The van der Waals surface area contributed by atoms with Gasteiger partial charge in [0.2, 0.25) is 0 Å². The Balaban J connectivity index is 0.00000196. The molecule has 0 aromatic carbocycles. The van der Waals surface area contributed by atoms with E-state index in [1.807, 2.05) is 0 Å². The number of allylic oxidation sites excluding steroid dienone is 4. The van der Waals surface area contributed by atoms with Crippen molar-refractivity contribution in [2.24, 2.45) is 0 Å². The molecule has 15 heavy (non-hydrogen) atoms. The van der Waals surface area contributed by atoms with Crippen molar-refractivity contribution in [1.82, 2.24) is 0 Å². The van der Waals surface area contributed by atoms with Crippen LogP contribution in [0.5, 0.6) is 0 Å². The first-order valence-corrected chi connectivity index (χ1v) is 5.47. The molecule has 3 nitrogen and oxygen atoms in total. The Labute approximate surface area is 112 Å². The van der Waals surface area contributed by atoms with Crippen LogP contribution in [-0.2, 0) is 10.1 Å². The standard InChI is InChI=1S/C10H12O3S.Na/c1-3-9-5-7-10(4-2,8-6-9)14(11,12)13;/h3-7H,1-2,8H2,(H,11,12,13);/q;+1/p-1. The maximum absolute atomic E-state index is 11.0. The molecule has 1 rings (SSSR count). The van der Waals surface area contributed by atoms with Gasteiger partial charge in [-0.25, -0.2) is 8.42 Å². The summed E-state index contributed by atoms with van der Waals surface area (Å²) < 4.78 is 31.5. The van der Waals surface area contributed by atoms with Gasteiger partial charge in [0.25, 0.3) is 0 Å². The topological polar surface area (TPSA) is 57.2 Å². The van der Waals surface area contributed by atoms with Crippen molar-refractivity contribution in [3.8, 4) is 0 Å². The second kappa shape index (κ2) is 5.27. The molecule has 0 saturated heterocycles. The van der Waals surface area contributed by atoms with E-state index in [1.54, 1.807) is 18.2 Å². The first kappa shape index (κ1) is 14.9. The van der Waals surface area contributed by atoms with Crippen LogP contribution >= 0.6 is 0 Å². The predicted octanol–water partition coefficient (Wildman–Crippen LogP) is -1.47. The van der Waals surface area contributed by atoms with E-state index >= 15 is 0 Å². The summed E-state index contributed by atoms with van der Waals surface area (Å²) in [5, 5.41) is 0. The van der Waals surface area contributed by atoms with E-state index in [0.717, 1.165) is 5.57 Å². The van der Waals surface area contributed by atoms with Crippen molar-refractivity contribution in [3.05, 3.63) is 49.1 Å². The first-order valence-electron chi connectivity index (χ1n) is 4.06. The summed E-state index contributed by atoms with van der Waals surface area (Å²) >= 11 is 0. The van der Waals surface area contributed by atoms with E-state index in [2.05, 4.69) is 13.2 Å². The zero-order chi connectivity index (χ0) is 10.8. The van der Waals surface area contributed by atoms with Crippen LogP contribution in [0.2, 0.25) is 0 Å². The molecular formula is C10H11NaO3S. The van der Waals surface area contributed by atoms with Crippen LogP contribution in [0.4, 0.5) is 0 Å². The van der Waals surface area contributed by atoms with Gasteiger partial charge in [-0.05, 0) is 12.0 Å². The molecule has 5 heteroatoms. The van der Waals surface area contributed by atoms with Crippen LogP contribution in [0.25, 0.3) is 0 Å². The zero-order valence-electron chi connectivity index (χ0n) is 8.64. The van der Waals surface area contributed by atoms with E-state index in [-0.39, 0.29) is 36.0 Å². The minimum absolute atomic E-state index is 0. The van der Waals surface area contributed by atoms with Crippen molar-refractivity contribution in [2.45, 2.75) is 11.2 Å². The van der Waals surface area contributed by atoms with E-state index in [4.69, 9.17) is 0 Å². The summed E-state index contributed by atoms with van der Waals surface area (Å²) in [6.07, 6.45) is 7.47. The SMILES string of the molecule is C=CC1=CCC(C=C)(S(=O)(=O)[O-])C=C1.[Na+]. The molecule has 0 saturated carbocycles. The van der Waals surface area contributed by atoms with Crippen LogP contribution in [-0.4, -0.2) is 17.7 Å². The fourth-order valence-corrected chi connectivity index (χ4v) is 1.97. The largest absolute Gasteiger partial charge is 1.00 e. The van der Waals surface area contributed by atoms with Gasteiger partial charge in [-0.15, -0.1) is 6.58 Å². The smallest absolute Gasteiger partial charge is 0.747 e. The third-order valence-corrected chi connectivity index (χ3v) is 3.66. The molecule has 76 valence electrons. The molecule has 0 amide bonds. The average Bonchev–Trinajstić information content (AvgIpc) is 2.16. The Bertz CT molecular complexity index is 420. The molecule has 0 aromatic rings. The minimum atomic E-state index is -4.40. The third kappa shape index (κ3) is 2.92. The average molecular weight is 234 g/mol. The van der Waals surface area contributed by atoms with Crippen LogP contribution in [0.1, 0.15) is 6.42 Å². The van der Waals surface area contributed by atoms with Crippen LogP contribution in [0.3, 0.4) is 0 Å². The minimum Gasteiger partial charge on any atom is -0.747 e. The van der Waals surface area contributed by atoms with Gasteiger partial charge in [-0.3, -0.25) is 0 Å². The van der Waals surface area contributed by atoms with E-state index in [9.17, 15) is 13.0 Å². The zero-order valence-corrected chi connectivity index (χ0v) is 11.5. The molecule has 0 aromatic heterocycles. The van der Waals surface area contributed by atoms with Crippen molar-refractivity contribution in [3.63, 3.8) is 0 Å². The Morgan fingerprint density at radius 2 is 2.07 bits per heavy atom. The van der Waals surface area contributed by atoms with Gasteiger partial charge in [0.15, 0.2) is 0 Å². The molecule has 0 bridgehead atoms. The van der Waals surface area contributed by atoms with Gasteiger partial charge in [-0.2, -0.15) is 0 Å². The van der Waals surface area contributed by atoms with Gasteiger partial charge in [0.1, 0.15) is 10.1 Å². The van der Waals surface area contributed by atoms with Crippen LogP contribution in [0.15, 0.2) is 49.1 Å². The van der Waals surface area contributed by atoms with Crippen molar-refractivity contribution < 1.29 is 42.5 Å². The Kier molecular flexibility index (Phi) is 5.23. The normalized spacial score (nSPS) is 25.0. The molecule has 1 unspecified atom stereocenters. The molecule has 0 heterocycles. The molecule has 1 atom stereocenters. The first-order chi connectivity index (χ1) is 6.45. The summed E-state index contributed by atoms with van der Waals surface area (Å²) in [6, 6.07) is 0. The Morgan fingerprint density at radius 3 is 2.33 bits per heavy atom. The van der Waals surface area contributed by atoms with Gasteiger partial charge in [0.05, 0.1) is 4.75 Å². The van der Waals surface area contributed by atoms with E-state index in [1.165, 1.54) is 12.2 Å². The third-order valence-electron chi connectivity index (χ3n) is 2.26. The number of hydrogen-bond acceptors (Lipinski definition) is 3. The predicted molar refractivity (Wildman–Crippen MR) is 54.7 cm³/mol. The van der Waals surface area contributed by atoms with Crippen molar-refractivity contribution in [1.29, 1.82) is 0 Å². The molecule has 0 fully saturated rings.